The summed E-state index contributed by atoms with van der Waals surface area (Å²) in [5.41, 5.74) is 1.53. The second-order valence-corrected chi connectivity index (χ2v) is 5.55. The lowest BCUT2D eigenvalue weighted by Crippen LogP contribution is -2.17. The molecule has 0 aromatic heterocycles. The predicted octanol–water partition coefficient (Wildman–Crippen LogP) is 4.68. The highest BCUT2D eigenvalue weighted by Gasteiger charge is 2.08. The first-order valence-electron chi connectivity index (χ1n) is 7.23. The van der Waals surface area contributed by atoms with Crippen molar-refractivity contribution >= 4 is 0 Å². The number of benzene rings is 2. The molecule has 0 saturated heterocycles. The Morgan fingerprint density at radius 3 is 1.59 bits per heavy atom. The van der Waals surface area contributed by atoms with Crippen molar-refractivity contribution in [1.29, 1.82) is 0 Å². The van der Waals surface area contributed by atoms with Crippen molar-refractivity contribution in [3.63, 3.8) is 0 Å². The van der Waals surface area contributed by atoms with E-state index in [2.05, 4.69) is 0 Å². The fourth-order valence-electron chi connectivity index (χ4n) is 2.06. The fraction of sp³-hybridized carbons (Fsp3) is 0.333. The van der Waals surface area contributed by atoms with E-state index in [1.807, 2.05) is 6.92 Å². The molecular formula is C18H20F2O2. The van der Waals surface area contributed by atoms with Crippen LogP contribution in [0.2, 0.25) is 0 Å². The van der Waals surface area contributed by atoms with Gasteiger partial charge in [0.05, 0.1) is 13.2 Å². The first-order valence-corrected chi connectivity index (χ1v) is 7.23. The highest BCUT2D eigenvalue weighted by atomic mass is 19.1. The molecular weight excluding hydrogens is 286 g/mol. The maximum absolute atomic E-state index is 13.0. The third-order valence-corrected chi connectivity index (χ3v) is 3.32. The molecule has 2 nitrogen and oxygen atoms in total. The maximum Gasteiger partial charge on any atom is 0.123 e. The van der Waals surface area contributed by atoms with Gasteiger partial charge < -0.3 is 9.47 Å². The van der Waals surface area contributed by atoms with Crippen LogP contribution in [0, 0.1) is 31.4 Å². The van der Waals surface area contributed by atoms with Crippen molar-refractivity contribution in [3.05, 3.63) is 59.2 Å². The molecule has 0 unspecified atom stereocenters. The zero-order valence-corrected chi connectivity index (χ0v) is 13.0. The molecule has 0 heterocycles. The molecule has 22 heavy (non-hydrogen) atoms. The zero-order valence-electron chi connectivity index (χ0n) is 13.0. The Morgan fingerprint density at radius 2 is 1.23 bits per heavy atom. The molecule has 0 spiro atoms. The molecule has 0 N–H and O–H groups in total. The molecule has 2 rings (SSSR count). The Balaban J connectivity index is 1.84. The fourth-order valence-corrected chi connectivity index (χ4v) is 2.06. The van der Waals surface area contributed by atoms with Crippen molar-refractivity contribution in [2.24, 2.45) is 5.92 Å². The van der Waals surface area contributed by atoms with Gasteiger partial charge in [-0.05, 0) is 61.4 Å². The molecule has 0 aliphatic carbocycles. The van der Waals surface area contributed by atoms with Gasteiger partial charge in [0.25, 0.3) is 0 Å². The second kappa shape index (κ2) is 7.25. The van der Waals surface area contributed by atoms with Crippen LogP contribution in [-0.4, -0.2) is 13.2 Å². The molecule has 2 aromatic rings. The molecule has 0 radical (unpaired) electrons. The molecule has 2 aromatic carbocycles. The average molecular weight is 306 g/mol. The van der Waals surface area contributed by atoms with Gasteiger partial charge in [0.2, 0.25) is 0 Å². The van der Waals surface area contributed by atoms with Gasteiger partial charge in [-0.3, -0.25) is 0 Å². The van der Waals surface area contributed by atoms with Crippen LogP contribution in [0.5, 0.6) is 11.5 Å². The third kappa shape index (κ3) is 4.45. The molecule has 0 aliphatic heterocycles. The Bertz CT molecular complexity index is 585. The minimum absolute atomic E-state index is 0.147. The monoisotopic (exact) mass is 306 g/mol. The number of hydrogen-bond acceptors (Lipinski definition) is 2. The maximum atomic E-state index is 13.0. The summed E-state index contributed by atoms with van der Waals surface area (Å²) in [4.78, 5) is 0. The van der Waals surface area contributed by atoms with Crippen molar-refractivity contribution in [2.75, 3.05) is 13.2 Å². The van der Waals surface area contributed by atoms with Crippen LogP contribution < -0.4 is 9.47 Å². The molecule has 0 saturated carbocycles. The normalized spacial score (nSPS) is 10.8. The van der Waals surface area contributed by atoms with Gasteiger partial charge in [-0.1, -0.05) is 6.92 Å². The lowest BCUT2D eigenvalue weighted by Gasteiger charge is -2.16. The molecule has 0 aliphatic rings. The lowest BCUT2D eigenvalue weighted by molar-refractivity contribution is 0.186. The van der Waals surface area contributed by atoms with Crippen molar-refractivity contribution in [1.82, 2.24) is 0 Å². The summed E-state index contributed by atoms with van der Waals surface area (Å²) < 4.78 is 37.4. The van der Waals surface area contributed by atoms with Crippen molar-refractivity contribution in [2.45, 2.75) is 20.8 Å². The Labute approximate surface area is 129 Å². The largest absolute Gasteiger partial charge is 0.493 e. The van der Waals surface area contributed by atoms with Crippen LogP contribution in [0.4, 0.5) is 8.78 Å². The summed E-state index contributed by atoms with van der Waals surface area (Å²) in [6.07, 6.45) is 0. The summed E-state index contributed by atoms with van der Waals surface area (Å²) in [6.45, 7) is 6.54. The number of ether oxygens (including phenoxy) is 2. The summed E-state index contributed by atoms with van der Waals surface area (Å²) in [7, 11) is 0. The van der Waals surface area contributed by atoms with Gasteiger partial charge in [0.15, 0.2) is 0 Å². The lowest BCUT2D eigenvalue weighted by atomic mass is 10.2. The molecule has 0 fully saturated rings. The molecule has 4 heteroatoms. The number of rotatable bonds is 6. The van der Waals surface area contributed by atoms with Crippen LogP contribution in [0.15, 0.2) is 36.4 Å². The van der Waals surface area contributed by atoms with E-state index in [-0.39, 0.29) is 17.6 Å². The van der Waals surface area contributed by atoms with Gasteiger partial charge in [-0.15, -0.1) is 0 Å². The van der Waals surface area contributed by atoms with Gasteiger partial charge in [0.1, 0.15) is 23.1 Å². The first kappa shape index (κ1) is 16.3. The topological polar surface area (TPSA) is 18.5 Å². The van der Waals surface area contributed by atoms with E-state index in [0.717, 1.165) is 11.1 Å². The van der Waals surface area contributed by atoms with Gasteiger partial charge >= 0.3 is 0 Å². The van der Waals surface area contributed by atoms with E-state index in [9.17, 15) is 8.78 Å². The SMILES string of the molecule is Cc1cc(F)ccc1OCC(C)COc1ccc(F)cc1C. The number of aryl methyl sites for hydroxylation is 2. The molecule has 0 bridgehead atoms. The van der Waals surface area contributed by atoms with E-state index >= 15 is 0 Å². The number of halogens is 2. The molecule has 0 amide bonds. The highest BCUT2D eigenvalue weighted by Crippen LogP contribution is 2.21. The minimum atomic E-state index is -0.270. The summed E-state index contributed by atoms with van der Waals surface area (Å²) in [6, 6.07) is 8.90. The quantitative estimate of drug-likeness (QED) is 0.772. The summed E-state index contributed by atoms with van der Waals surface area (Å²) >= 11 is 0. The summed E-state index contributed by atoms with van der Waals surface area (Å²) in [5, 5.41) is 0. The predicted molar refractivity (Wildman–Crippen MR) is 82.4 cm³/mol. The van der Waals surface area contributed by atoms with E-state index in [1.54, 1.807) is 26.0 Å². The van der Waals surface area contributed by atoms with E-state index in [4.69, 9.17) is 9.47 Å². The van der Waals surface area contributed by atoms with Crippen LogP contribution in [0.25, 0.3) is 0 Å². The minimum Gasteiger partial charge on any atom is -0.493 e. The number of hydrogen-bond donors (Lipinski definition) is 0. The van der Waals surface area contributed by atoms with E-state index < -0.39 is 0 Å². The Kier molecular flexibility index (Phi) is 5.36. The third-order valence-electron chi connectivity index (χ3n) is 3.32. The second-order valence-electron chi connectivity index (χ2n) is 5.55. The van der Waals surface area contributed by atoms with E-state index in [1.165, 1.54) is 24.3 Å². The van der Waals surface area contributed by atoms with Crippen molar-refractivity contribution in [3.8, 4) is 11.5 Å². The van der Waals surface area contributed by atoms with Crippen LogP contribution in [-0.2, 0) is 0 Å². The smallest absolute Gasteiger partial charge is 0.123 e. The average Bonchev–Trinajstić information content (AvgIpc) is 2.45. The molecule has 118 valence electrons. The Hall–Kier alpha value is -2.10. The zero-order chi connectivity index (χ0) is 16.1. The Morgan fingerprint density at radius 1 is 0.818 bits per heavy atom. The van der Waals surface area contributed by atoms with E-state index in [0.29, 0.717) is 24.7 Å². The van der Waals surface area contributed by atoms with Gasteiger partial charge in [-0.2, -0.15) is 0 Å². The van der Waals surface area contributed by atoms with Gasteiger partial charge in [0, 0.05) is 5.92 Å². The standard InChI is InChI=1S/C18H20F2O2/c1-12(10-21-17-6-4-15(19)8-13(17)2)11-22-18-7-5-16(20)9-14(18)3/h4-9,12H,10-11H2,1-3H3. The van der Waals surface area contributed by atoms with Crippen LogP contribution >= 0.6 is 0 Å². The van der Waals surface area contributed by atoms with Crippen molar-refractivity contribution < 1.29 is 18.3 Å². The van der Waals surface area contributed by atoms with Crippen LogP contribution in [0.3, 0.4) is 0 Å². The summed E-state index contributed by atoms with van der Waals surface area (Å²) in [5.74, 6) is 0.951. The molecule has 0 atom stereocenters. The van der Waals surface area contributed by atoms with Crippen LogP contribution in [0.1, 0.15) is 18.1 Å². The highest BCUT2D eigenvalue weighted by molar-refractivity contribution is 5.33. The van der Waals surface area contributed by atoms with Gasteiger partial charge in [-0.25, -0.2) is 8.78 Å². The first-order chi connectivity index (χ1) is 10.5.